The molecule has 1 atom stereocenters. The van der Waals surface area contributed by atoms with E-state index in [0.717, 1.165) is 16.7 Å². The highest BCUT2D eigenvalue weighted by Gasteiger charge is 2.17. The molecular formula is C14H20BrN3O2. The van der Waals surface area contributed by atoms with Crippen molar-refractivity contribution in [2.24, 2.45) is 0 Å². The Morgan fingerprint density at radius 2 is 2.10 bits per heavy atom. The van der Waals surface area contributed by atoms with Crippen LogP contribution in [0.3, 0.4) is 0 Å². The van der Waals surface area contributed by atoms with Crippen LogP contribution in [-0.2, 0) is 0 Å². The fraction of sp³-hybridized carbons (Fsp3) is 0.571. The Morgan fingerprint density at radius 1 is 1.45 bits per heavy atom. The molecule has 0 aromatic heterocycles. The van der Waals surface area contributed by atoms with Gasteiger partial charge in [0.1, 0.15) is 0 Å². The van der Waals surface area contributed by atoms with Crippen molar-refractivity contribution in [2.75, 3.05) is 25.0 Å². The Labute approximate surface area is 127 Å². The highest BCUT2D eigenvalue weighted by Crippen LogP contribution is 2.31. The molecule has 1 N–H and O–H groups in total. The molecule has 0 aliphatic carbocycles. The van der Waals surface area contributed by atoms with E-state index in [9.17, 15) is 10.1 Å². The van der Waals surface area contributed by atoms with Crippen LogP contribution >= 0.6 is 15.9 Å². The molecule has 1 unspecified atom stereocenters. The Morgan fingerprint density at radius 3 is 2.70 bits per heavy atom. The van der Waals surface area contributed by atoms with Crippen LogP contribution in [0.5, 0.6) is 0 Å². The molecular weight excluding hydrogens is 322 g/mol. The maximum Gasteiger partial charge on any atom is 0.273 e. The predicted molar refractivity (Wildman–Crippen MR) is 84.3 cm³/mol. The van der Waals surface area contributed by atoms with Crippen LogP contribution in [-0.4, -0.2) is 35.5 Å². The van der Waals surface area contributed by atoms with Crippen molar-refractivity contribution >= 4 is 27.3 Å². The third kappa shape index (κ3) is 3.70. The maximum atomic E-state index is 10.9. The molecule has 0 radical (unpaired) electrons. The summed E-state index contributed by atoms with van der Waals surface area (Å²) in [6.07, 6.45) is 2.57. The van der Waals surface area contributed by atoms with Crippen molar-refractivity contribution < 1.29 is 4.92 Å². The van der Waals surface area contributed by atoms with Crippen molar-refractivity contribution in [1.82, 2.24) is 4.90 Å². The molecule has 20 heavy (non-hydrogen) atoms. The molecule has 2 rings (SSSR count). The van der Waals surface area contributed by atoms with E-state index < -0.39 is 0 Å². The number of anilines is 1. The number of benzene rings is 1. The summed E-state index contributed by atoms with van der Waals surface area (Å²) in [4.78, 5) is 13.0. The fourth-order valence-electron chi connectivity index (χ4n) is 2.64. The molecule has 110 valence electrons. The van der Waals surface area contributed by atoms with Gasteiger partial charge in [0, 0.05) is 34.4 Å². The van der Waals surface area contributed by atoms with Gasteiger partial charge in [-0.25, -0.2) is 0 Å². The fourth-order valence-corrected chi connectivity index (χ4v) is 3.09. The maximum absolute atomic E-state index is 10.9. The lowest BCUT2D eigenvalue weighted by atomic mass is 10.1. The van der Waals surface area contributed by atoms with E-state index in [4.69, 9.17) is 0 Å². The third-order valence-corrected chi connectivity index (χ3v) is 4.27. The molecule has 0 spiro atoms. The number of hydrogen-bond acceptors (Lipinski definition) is 4. The summed E-state index contributed by atoms with van der Waals surface area (Å²) in [6.45, 7) is 7.25. The lowest BCUT2D eigenvalue weighted by molar-refractivity contribution is -0.385. The molecule has 6 heteroatoms. The second-order valence-corrected chi connectivity index (χ2v) is 6.28. The first kappa shape index (κ1) is 15.3. The average Bonchev–Trinajstić information content (AvgIpc) is 2.85. The van der Waals surface area contributed by atoms with E-state index >= 15 is 0 Å². The van der Waals surface area contributed by atoms with Crippen molar-refractivity contribution in [3.05, 3.63) is 32.3 Å². The topological polar surface area (TPSA) is 58.4 Å². The molecule has 1 aliphatic heterocycles. The zero-order chi connectivity index (χ0) is 14.7. The molecule has 1 aromatic rings. The average molecular weight is 342 g/mol. The van der Waals surface area contributed by atoms with Crippen LogP contribution in [0, 0.1) is 17.0 Å². The van der Waals surface area contributed by atoms with Gasteiger partial charge in [-0.2, -0.15) is 0 Å². The monoisotopic (exact) mass is 341 g/mol. The van der Waals surface area contributed by atoms with E-state index in [0.29, 0.717) is 11.6 Å². The molecule has 0 bridgehead atoms. The van der Waals surface area contributed by atoms with Gasteiger partial charge in [0.15, 0.2) is 0 Å². The summed E-state index contributed by atoms with van der Waals surface area (Å²) in [7, 11) is 0. The first-order valence-electron chi connectivity index (χ1n) is 6.91. The van der Waals surface area contributed by atoms with Gasteiger partial charge in [-0.15, -0.1) is 0 Å². The number of nitro benzene ring substituents is 1. The molecule has 1 aromatic carbocycles. The van der Waals surface area contributed by atoms with Gasteiger partial charge in [0.25, 0.3) is 5.69 Å². The van der Waals surface area contributed by atoms with Gasteiger partial charge in [-0.05, 0) is 61.8 Å². The summed E-state index contributed by atoms with van der Waals surface area (Å²) in [6, 6.07) is 3.72. The molecule has 5 nitrogen and oxygen atoms in total. The summed E-state index contributed by atoms with van der Waals surface area (Å²) < 4.78 is 0.739. The van der Waals surface area contributed by atoms with E-state index in [1.54, 1.807) is 13.0 Å². The zero-order valence-electron chi connectivity index (χ0n) is 11.9. The van der Waals surface area contributed by atoms with Crippen LogP contribution in [0.4, 0.5) is 11.4 Å². The van der Waals surface area contributed by atoms with Crippen molar-refractivity contribution in [1.29, 1.82) is 0 Å². The Kier molecular flexibility index (Phi) is 4.99. The summed E-state index contributed by atoms with van der Waals surface area (Å²) in [5, 5.41) is 14.3. The molecule has 1 fully saturated rings. The standard InChI is InChI=1S/C14H20BrN3O2/c1-10-7-13(12(15)8-14(10)18(19)20)16-11(2)9-17-5-3-4-6-17/h7-8,11,16H,3-6,9H2,1-2H3. The third-order valence-electron chi connectivity index (χ3n) is 3.61. The second-order valence-electron chi connectivity index (χ2n) is 5.43. The van der Waals surface area contributed by atoms with Gasteiger partial charge in [0.05, 0.1) is 4.92 Å². The molecule has 1 aliphatic rings. The Balaban J connectivity index is 2.05. The number of likely N-dealkylation sites (tertiary alicyclic amines) is 1. The Bertz CT molecular complexity index is 501. The minimum atomic E-state index is -0.350. The van der Waals surface area contributed by atoms with E-state index in [-0.39, 0.29) is 10.6 Å². The lowest BCUT2D eigenvalue weighted by Crippen LogP contribution is -2.33. The van der Waals surface area contributed by atoms with Gasteiger partial charge >= 0.3 is 0 Å². The zero-order valence-corrected chi connectivity index (χ0v) is 13.4. The van der Waals surface area contributed by atoms with Crippen molar-refractivity contribution in [2.45, 2.75) is 32.7 Å². The van der Waals surface area contributed by atoms with Crippen LogP contribution < -0.4 is 5.32 Å². The molecule has 1 saturated heterocycles. The van der Waals surface area contributed by atoms with Crippen LogP contribution in [0.25, 0.3) is 0 Å². The number of nitro groups is 1. The normalized spacial score (nSPS) is 17.1. The van der Waals surface area contributed by atoms with Gasteiger partial charge in [-0.3, -0.25) is 10.1 Å². The minimum absolute atomic E-state index is 0.148. The quantitative estimate of drug-likeness (QED) is 0.657. The minimum Gasteiger partial charge on any atom is -0.380 e. The van der Waals surface area contributed by atoms with E-state index in [1.807, 2.05) is 6.07 Å². The second kappa shape index (κ2) is 6.54. The van der Waals surface area contributed by atoms with Crippen molar-refractivity contribution in [3.8, 4) is 0 Å². The lowest BCUT2D eigenvalue weighted by Gasteiger charge is -2.22. The summed E-state index contributed by atoms with van der Waals surface area (Å²) >= 11 is 3.41. The van der Waals surface area contributed by atoms with E-state index in [1.165, 1.54) is 25.9 Å². The van der Waals surface area contributed by atoms with Gasteiger partial charge < -0.3 is 10.2 Å². The predicted octanol–water partition coefficient (Wildman–Crippen LogP) is 3.56. The summed E-state index contributed by atoms with van der Waals surface area (Å²) in [5.41, 5.74) is 1.74. The van der Waals surface area contributed by atoms with Crippen molar-refractivity contribution in [3.63, 3.8) is 0 Å². The molecule has 1 heterocycles. The van der Waals surface area contributed by atoms with Crippen LogP contribution in [0.15, 0.2) is 16.6 Å². The smallest absolute Gasteiger partial charge is 0.273 e. The number of aryl methyl sites for hydroxylation is 1. The summed E-state index contributed by atoms with van der Waals surface area (Å²) in [5.74, 6) is 0. The number of nitrogens with zero attached hydrogens (tertiary/aromatic N) is 2. The first-order valence-corrected chi connectivity index (χ1v) is 7.70. The highest BCUT2D eigenvalue weighted by molar-refractivity contribution is 9.10. The van der Waals surface area contributed by atoms with Crippen LogP contribution in [0.1, 0.15) is 25.3 Å². The highest BCUT2D eigenvalue weighted by atomic mass is 79.9. The van der Waals surface area contributed by atoms with Crippen LogP contribution in [0.2, 0.25) is 0 Å². The van der Waals surface area contributed by atoms with Gasteiger partial charge in [-0.1, -0.05) is 0 Å². The SMILES string of the molecule is Cc1cc(NC(C)CN2CCCC2)c(Br)cc1[N+](=O)[O-]. The number of nitrogens with one attached hydrogen (secondary N) is 1. The first-order chi connectivity index (χ1) is 9.47. The number of halogens is 1. The largest absolute Gasteiger partial charge is 0.380 e. The number of rotatable bonds is 5. The number of hydrogen-bond donors (Lipinski definition) is 1. The Hall–Kier alpha value is -1.14. The molecule has 0 amide bonds. The van der Waals surface area contributed by atoms with Gasteiger partial charge in [0.2, 0.25) is 0 Å². The molecule has 0 saturated carbocycles. The van der Waals surface area contributed by atoms with E-state index in [2.05, 4.69) is 33.1 Å².